The van der Waals surface area contributed by atoms with Crippen LogP contribution >= 0.6 is 7.82 Å². The Morgan fingerprint density at radius 3 is 1.00 bits per heavy atom. The minimum atomic E-state index is -4.79. The van der Waals surface area contributed by atoms with Crippen molar-refractivity contribution in [2.45, 2.75) is 277 Å². The van der Waals surface area contributed by atoms with Crippen LogP contribution < -0.4 is 0 Å². The lowest BCUT2D eigenvalue weighted by molar-refractivity contribution is -0.161. The van der Waals surface area contributed by atoms with Crippen molar-refractivity contribution >= 4 is 25.7 Å². The fourth-order valence-electron chi connectivity index (χ4n) is 8.65. The summed E-state index contributed by atoms with van der Waals surface area (Å²) < 4.78 is 39.6. The molecule has 0 aliphatic carbocycles. The highest BCUT2D eigenvalue weighted by Crippen LogP contribution is 2.43. The number of carbonyl (C=O) groups is 3. The van der Waals surface area contributed by atoms with E-state index in [0.29, 0.717) is 19.3 Å². The molecule has 0 fully saturated rings. The molecule has 3 atom stereocenters. The SMILES string of the molecule is CC/C=C\C/C=C\C/C=C\C/C=C\C/C=C\C/C=C\CCC(=O)OCC(COP(=O)(O)OCC(CO)OC(=O)CCCCCCCCCCCCCCCCCCCCC)OC(=O)CCCCC/C=C\C/C=C\C/C=C\C/C=C\C/C=C\CC. The van der Waals surface area contributed by atoms with Crippen LogP contribution in [0.15, 0.2) is 134 Å². The number of ether oxygens (including phenoxy) is 3. The summed E-state index contributed by atoms with van der Waals surface area (Å²) in [6, 6.07) is 0. The van der Waals surface area contributed by atoms with E-state index in [0.717, 1.165) is 109 Å². The van der Waals surface area contributed by atoms with Crippen LogP contribution in [0.5, 0.6) is 0 Å². The second-order valence-electron chi connectivity index (χ2n) is 21.5. The predicted octanol–water partition coefficient (Wildman–Crippen LogP) is 20.5. The van der Waals surface area contributed by atoms with Gasteiger partial charge in [0.2, 0.25) is 0 Å². The molecule has 0 spiro atoms. The van der Waals surface area contributed by atoms with Gasteiger partial charge >= 0.3 is 25.7 Å². The van der Waals surface area contributed by atoms with E-state index in [4.69, 9.17) is 23.3 Å². The molecular formula is C72H119O11P. The third kappa shape index (κ3) is 62.2. The first kappa shape index (κ1) is 79.6. The van der Waals surface area contributed by atoms with Gasteiger partial charge in [-0.05, 0) is 103 Å². The molecule has 0 aromatic carbocycles. The lowest BCUT2D eigenvalue weighted by Crippen LogP contribution is -2.30. The highest BCUT2D eigenvalue weighted by atomic mass is 31.2. The van der Waals surface area contributed by atoms with Gasteiger partial charge in [-0.2, -0.15) is 0 Å². The van der Waals surface area contributed by atoms with E-state index in [1.54, 1.807) is 0 Å². The number of hydrogen-bond donors (Lipinski definition) is 2. The van der Waals surface area contributed by atoms with E-state index in [1.807, 2.05) is 12.2 Å². The summed E-state index contributed by atoms with van der Waals surface area (Å²) in [5.41, 5.74) is 0. The second kappa shape index (κ2) is 64.6. The molecule has 0 saturated carbocycles. The number of aliphatic hydroxyl groups excluding tert-OH is 1. The van der Waals surface area contributed by atoms with E-state index in [9.17, 15) is 28.9 Å². The van der Waals surface area contributed by atoms with Crippen LogP contribution in [0, 0.1) is 0 Å². The zero-order chi connectivity index (χ0) is 61.2. The van der Waals surface area contributed by atoms with Gasteiger partial charge in [0.15, 0.2) is 6.10 Å². The normalized spacial score (nSPS) is 14.1. The molecule has 0 aliphatic rings. The number of phosphoric acid groups is 1. The van der Waals surface area contributed by atoms with Crippen molar-refractivity contribution in [3.63, 3.8) is 0 Å². The van der Waals surface area contributed by atoms with Crippen LogP contribution in [0.1, 0.15) is 265 Å². The monoisotopic (exact) mass is 1190 g/mol. The molecule has 0 aromatic rings. The number of carbonyl (C=O) groups excluding carboxylic acids is 3. The number of phosphoric ester groups is 1. The van der Waals surface area contributed by atoms with E-state index >= 15 is 0 Å². The van der Waals surface area contributed by atoms with Crippen molar-refractivity contribution < 1.29 is 52.2 Å². The fraction of sp³-hybridized carbons (Fsp3) is 0.653. The average molecular weight is 1190 g/mol. The number of unbranched alkanes of at least 4 members (excludes halogenated alkanes) is 21. The molecule has 0 aliphatic heterocycles. The van der Waals surface area contributed by atoms with Crippen molar-refractivity contribution in [2.24, 2.45) is 0 Å². The van der Waals surface area contributed by atoms with Crippen LogP contribution in [0.25, 0.3) is 0 Å². The van der Waals surface area contributed by atoms with Crippen LogP contribution in [-0.4, -0.2) is 66.5 Å². The summed E-state index contributed by atoms with van der Waals surface area (Å²) in [6.07, 6.45) is 82.8. The van der Waals surface area contributed by atoms with Gasteiger partial charge in [0.05, 0.1) is 19.8 Å². The molecular weight excluding hydrogens is 1070 g/mol. The molecule has 0 aromatic heterocycles. The van der Waals surface area contributed by atoms with Crippen LogP contribution in [-0.2, 0) is 42.2 Å². The fourth-order valence-corrected chi connectivity index (χ4v) is 9.43. The molecule has 0 bridgehead atoms. The van der Waals surface area contributed by atoms with Crippen LogP contribution in [0.3, 0.4) is 0 Å². The summed E-state index contributed by atoms with van der Waals surface area (Å²) >= 11 is 0. The van der Waals surface area contributed by atoms with E-state index in [1.165, 1.54) is 96.3 Å². The highest BCUT2D eigenvalue weighted by molar-refractivity contribution is 7.47. The van der Waals surface area contributed by atoms with Crippen molar-refractivity contribution in [2.75, 3.05) is 26.4 Å². The maximum absolute atomic E-state index is 13.0. The Bertz CT molecular complexity index is 1920. The largest absolute Gasteiger partial charge is 0.472 e. The van der Waals surface area contributed by atoms with Gasteiger partial charge in [-0.15, -0.1) is 0 Å². The summed E-state index contributed by atoms with van der Waals surface area (Å²) in [5.74, 6) is -1.61. The standard InChI is InChI=1S/C72H119O11P/c1-4-7-10-13-16-19-22-25-28-31-34-37-40-43-46-49-52-55-58-61-70(74)79-65-69(83-72(76)63-60-57-54-51-48-45-42-39-36-33-30-27-24-21-18-15-12-9-6-3)67-81-84(77,78)80-66-68(64-73)82-71(75)62-59-56-53-50-47-44-41-38-35-32-29-26-23-20-17-14-11-8-5-2/h7,9-10,12,16,18-19,21,25,27-28,30,34,36-37,39,43,45-46,48,52,55,68-69,73H,4-6,8,11,13-15,17,20,22-24,26,29,31-33,35,38,40-42,44,47,49-51,53-54,56-67H2,1-3H3,(H,77,78)/b10-7-,12-9-,19-16-,21-18-,28-25-,30-27-,37-34-,39-36-,46-43-,48-45-,55-52-. The third-order valence-corrected chi connectivity index (χ3v) is 14.5. The smallest absolute Gasteiger partial charge is 0.462 e. The number of rotatable bonds is 60. The Morgan fingerprint density at radius 1 is 0.345 bits per heavy atom. The molecule has 84 heavy (non-hydrogen) atoms. The van der Waals surface area contributed by atoms with Gasteiger partial charge in [0.25, 0.3) is 0 Å². The summed E-state index contributed by atoms with van der Waals surface area (Å²) in [6.45, 7) is 4.32. The van der Waals surface area contributed by atoms with Gasteiger partial charge in [0, 0.05) is 19.3 Å². The van der Waals surface area contributed by atoms with Crippen molar-refractivity contribution in [1.29, 1.82) is 0 Å². The van der Waals surface area contributed by atoms with Gasteiger partial charge in [-0.1, -0.05) is 276 Å². The molecule has 0 radical (unpaired) electrons. The van der Waals surface area contributed by atoms with Gasteiger partial charge in [-0.25, -0.2) is 4.57 Å². The van der Waals surface area contributed by atoms with Crippen LogP contribution in [0.2, 0.25) is 0 Å². The highest BCUT2D eigenvalue weighted by Gasteiger charge is 2.28. The summed E-state index contributed by atoms with van der Waals surface area (Å²) in [5, 5.41) is 9.87. The Balaban J connectivity index is 4.83. The second-order valence-corrected chi connectivity index (χ2v) is 23.0. The lowest BCUT2D eigenvalue weighted by Gasteiger charge is -2.21. The summed E-state index contributed by atoms with van der Waals surface area (Å²) in [4.78, 5) is 48.8. The molecule has 3 unspecified atom stereocenters. The number of esters is 3. The third-order valence-electron chi connectivity index (χ3n) is 13.6. The van der Waals surface area contributed by atoms with E-state index in [2.05, 4.69) is 142 Å². The van der Waals surface area contributed by atoms with E-state index < -0.39 is 64.4 Å². The van der Waals surface area contributed by atoms with Crippen molar-refractivity contribution in [3.8, 4) is 0 Å². The Morgan fingerprint density at radius 2 is 0.643 bits per heavy atom. The van der Waals surface area contributed by atoms with E-state index in [-0.39, 0.29) is 19.3 Å². The minimum Gasteiger partial charge on any atom is -0.462 e. The molecule has 11 nitrogen and oxygen atoms in total. The summed E-state index contributed by atoms with van der Waals surface area (Å²) in [7, 11) is -4.79. The number of aliphatic hydroxyl groups is 1. The molecule has 0 amide bonds. The first-order valence-corrected chi connectivity index (χ1v) is 34.6. The minimum absolute atomic E-state index is 0.0873. The molecule has 0 heterocycles. The molecule has 0 saturated heterocycles. The Hall–Kier alpha value is -4.38. The lowest BCUT2D eigenvalue weighted by atomic mass is 10.0. The average Bonchev–Trinajstić information content (AvgIpc) is 3.55. The zero-order valence-electron chi connectivity index (χ0n) is 53.1. The maximum Gasteiger partial charge on any atom is 0.472 e. The van der Waals surface area contributed by atoms with Crippen LogP contribution in [0.4, 0.5) is 0 Å². The topological polar surface area (TPSA) is 155 Å². The first-order valence-electron chi connectivity index (χ1n) is 33.1. The van der Waals surface area contributed by atoms with Crippen molar-refractivity contribution in [3.05, 3.63) is 134 Å². The first-order chi connectivity index (χ1) is 41.2. The predicted molar refractivity (Wildman–Crippen MR) is 353 cm³/mol. The Kier molecular flexibility index (Phi) is 61.2. The maximum atomic E-state index is 13.0. The quantitative estimate of drug-likeness (QED) is 0.0197. The zero-order valence-corrected chi connectivity index (χ0v) is 54.0. The molecule has 0 rings (SSSR count). The molecule has 478 valence electrons. The number of hydrogen-bond acceptors (Lipinski definition) is 10. The van der Waals surface area contributed by atoms with Gasteiger partial charge in [-0.3, -0.25) is 23.4 Å². The van der Waals surface area contributed by atoms with Gasteiger partial charge < -0.3 is 24.2 Å². The Labute approximate surface area is 512 Å². The van der Waals surface area contributed by atoms with Gasteiger partial charge in [0.1, 0.15) is 12.7 Å². The molecule has 2 N–H and O–H groups in total. The van der Waals surface area contributed by atoms with Crippen molar-refractivity contribution in [1.82, 2.24) is 0 Å². The number of allylic oxidation sites excluding steroid dienone is 22. The molecule has 12 heteroatoms.